The maximum Gasteiger partial charge on any atom is 0.348 e. The van der Waals surface area contributed by atoms with E-state index in [2.05, 4.69) is 5.32 Å². The van der Waals surface area contributed by atoms with Crippen molar-refractivity contribution in [2.75, 3.05) is 18.5 Å². The number of halogens is 2. The number of thiophene rings is 1. The summed E-state index contributed by atoms with van der Waals surface area (Å²) in [6, 6.07) is 4.39. The van der Waals surface area contributed by atoms with Crippen LogP contribution in [0.2, 0.25) is 10.0 Å². The first-order valence-electron chi connectivity index (χ1n) is 8.03. The van der Waals surface area contributed by atoms with E-state index in [9.17, 15) is 14.4 Å². The summed E-state index contributed by atoms with van der Waals surface area (Å²) >= 11 is 12.8. The van der Waals surface area contributed by atoms with Crippen LogP contribution in [0.5, 0.6) is 0 Å². The Morgan fingerprint density at radius 2 is 1.56 bits per heavy atom. The van der Waals surface area contributed by atoms with Gasteiger partial charge in [-0.1, -0.05) is 23.2 Å². The lowest BCUT2D eigenvalue weighted by Gasteiger charge is -2.08. The number of amides is 1. The van der Waals surface area contributed by atoms with E-state index in [0.29, 0.717) is 15.6 Å². The summed E-state index contributed by atoms with van der Waals surface area (Å²) in [4.78, 5) is 37.3. The molecule has 144 valence electrons. The summed E-state index contributed by atoms with van der Waals surface area (Å²) in [5.41, 5.74) is 0.716. The summed E-state index contributed by atoms with van der Waals surface area (Å²) in [5, 5.41) is 3.42. The van der Waals surface area contributed by atoms with Gasteiger partial charge < -0.3 is 14.8 Å². The van der Waals surface area contributed by atoms with Crippen LogP contribution in [0, 0.1) is 6.92 Å². The van der Waals surface area contributed by atoms with E-state index in [-0.39, 0.29) is 34.2 Å². The summed E-state index contributed by atoms with van der Waals surface area (Å²) in [5.74, 6) is -1.74. The van der Waals surface area contributed by atoms with Crippen LogP contribution in [-0.2, 0) is 9.47 Å². The Labute approximate surface area is 170 Å². The molecule has 1 aromatic heterocycles. The summed E-state index contributed by atoms with van der Waals surface area (Å²) in [6.45, 7) is 5.28. The third-order valence-electron chi connectivity index (χ3n) is 3.44. The number of hydrogen-bond donors (Lipinski definition) is 1. The number of ether oxygens (including phenoxy) is 2. The molecule has 0 unspecified atom stereocenters. The molecule has 0 fully saturated rings. The number of carbonyl (C=O) groups is 3. The maximum absolute atomic E-state index is 12.6. The van der Waals surface area contributed by atoms with Crippen molar-refractivity contribution < 1.29 is 23.9 Å². The Hall–Kier alpha value is -2.09. The van der Waals surface area contributed by atoms with Gasteiger partial charge in [0.05, 0.1) is 18.8 Å². The Morgan fingerprint density at radius 3 is 2.11 bits per heavy atom. The second-order valence-electron chi connectivity index (χ2n) is 5.31. The quantitative estimate of drug-likeness (QED) is 0.655. The van der Waals surface area contributed by atoms with Crippen molar-refractivity contribution in [3.63, 3.8) is 0 Å². The van der Waals surface area contributed by atoms with Gasteiger partial charge in [0.15, 0.2) is 0 Å². The van der Waals surface area contributed by atoms with Crippen molar-refractivity contribution in [1.29, 1.82) is 0 Å². The lowest BCUT2D eigenvalue weighted by atomic mass is 10.1. The van der Waals surface area contributed by atoms with Crippen LogP contribution in [-0.4, -0.2) is 31.1 Å². The van der Waals surface area contributed by atoms with E-state index in [1.54, 1.807) is 20.8 Å². The van der Waals surface area contributed by atoms with Gasteiger partial charge in [0.1, 0.15) is 9.88 Å². The van der Waals surface area contributed by atoms with Crippen LogP contribution < -0.4 is 5.32 Å². The molecule has 0 saturated heterocycles. The second kappa shape index (κ2) is 9.21. The molecule has 0 aliphatic rings. The minimum absolute atomic E-state index is 0.117. The summed E-state index contributed by atoms with van der Waals surface area (Å²) < 4.78 is 10.1. The predicted molar refractivity (Wildman–Crippen MR) is 105 cm³/mol. The third kappa shape index (κ3) is 5.00. The van der Waals surface area contributed by atoms with Crippen LogP contribution in [0.15, 0.2) is 18.2 Å². The standard InChI is InChI=1S/C18H17Cl2NO5S/c1-4-25-17(23)13-9(3)14(18(24)26-5-2)27-16(13)21-15(22)10-6-11(19)8-12(20)7-10/h6-8H,4-5H2,1-3H3,(H,21,22). The van der Waals surface area contributed by atoms with Gasteiger partial charge in [0, 0.05) is 15.6 Å². The van der Waals surface area contributed by atoms with Crippen LogP contribution in [0.1, 0.15) is 49.8 Å². The van der Waals surface area contributed by atoms with Crippen molar-refractivity contribution in [1.82, 2.24) is 0 Å². The van der Waals surface area contributed by atoms with Gasteiger partial charge in [-0.3, -0.25) is 4.79 Å². The molecule has 2 aromatic rings. The Balaban J connectivity index is 2.44. The van der Waals surface area contributed by atoms with Gasteiger partial charge in [-0.25, -0.2) is 9.59 Å². The van der Waals surface area contributed by atoms with Crippen LogP contribution in [0.25, 0.3) is 0 Å². The number of nitrogens with one attached hydrogen (secondary N) is 1. The summed E-state index contributed by atoms with van der Waals surface area (Å²) in [7, 11) is 0. The van der Waals surface area contributed by atoms with Crippen LogP contribution in [0.3, 0.4) is 0 Å². The Kier molecular flexibility index (Phi) is 7.24. The average Bonchev–Trinajstić information content (AvgIpc) is 2.90. The molecule has 0 aliphatic carbocycles. The fourth-order valence-corrected chi connectivity index (χ4v) is 3.91. The molecule has 27 heavy (non-hydrogen) atoms. The van der Waals surface area contributed by atoms with E-state index in [1.807, 2.05) is 0 Å². The molecule has 1 amide bonds. The smallest absolute Gasteiger partial charge is 0.348 e. The molecule has 1 N–H and O–H groups in total. The fraction of sp³-hybridized carbons (Fsp3) is 0.278. The van der Waals surface area contributed by atoms with E-state index in [1.165, 1.54) is 18.2 Å². The maximum atomic E-state index is 12.6. The zero-order valence-corrected chi connectivity index (χ0v) is 17.2. The highest BCUT2D eigenvalue weighted by molar-refractivity contribution is 7.18. The van der Waals surface area contributed by atoms with Gasteiger partial charge in [0.2, 0.25) is 0 Å². The minimum atomic E-state index is -0.638. The van der Waals surface area contributed by atoms with Crippen LogP contribution in [0.4, 0.5) is 5.00 Å². The van der Waals surface area contributed by atoms with Gasteiger partial charge >= 0.3 is 11.9 Å². The van der Waals surface area contributed by atoms with Crippen molar-refractivity contribution >= 4 is 57.4 Å². The van der Waals surface area contributed by atoms with Gasteiger partial charge in [-0.2, -0.15) is 0 Å². The number of esters is 2. The molecule has 2 rings (SSSR count). The topological polar surface area (TPSA) is 81.7 Å². The normalized spacial score (nSPS) is 10.4. The minimum Gasteiger partial charge on any atom is -0.462 e. The number of rotatable bonds is 6. The molecule has 9 heteroatoms. The van der Waals surface area contributed by atoms with Crippen molar-refractivity contribution in [3.05, 3.63) is 49.8 Å². The molecule has 1 heterocycles. The number of benzene rings is 1. The van der Waals surface area contributed by atoms with Gasteiger partial charge in [-0.15, -0.1) is 11.3 Å². The lowest BCUT2D eigenvalue weighted by molar-refractivity contribution is 0.0527. The molecule has 1 aromatic carbocycles. The monoisotopic (exact) mass is 429 g/mol. The molecule has 6 nitrogen and oxygen atoms in total. The number of anilines is 1. The molecule has 0 aliphatic heterocycles. The van der Waals surface area contributed by atoms with Crippen LogP contribution >= 0.6 is 34.5 Å². The zero-order valence-electron chi connectivity index (χ0n) is 14.9. The SMILES string of the molecule is CCOC(=O)c1sc(NC(=O)c2cc(Cl)cc(Cl)c2)c(C(=O)OCC)c1C. The Morgan fingerprint density at radius 1 is 1.00 bits per heavy atom. The first kappa shape index (κ1) is 21.2. The first-order valence-corrected chi connectivity index (χ1v) is 9.60. The first-order chi connectivity index (χ1) is 12.8. The largest absolute Gasteiger partial charge is 0.462 e. The molecule has 0 spiro atoms. The van der Waals surface area contributed by atoms with E-state index < -0.39 is 17.8 Å². The molecular weight excluding hydrogens is 413 g/mol. The zero-order chi connectivity index (χ0) is 20.1. The molecule has 0 saturated carbocycles. The third-order valence-corrected chi connectivity index (χ3v) is 5.06. The second-order valence-corrected chi connectivity index (χ2v) is 7.21. The molecule has 0 radical (unpaired) electrons. The molecular formula is C18H17Cl2NO5S. The van der Waals surface area contributed by atoms with E-state index in [0.717, 1.165) is 11.3 Å². The fourth-order valence-electron chi connectivity index (χ4n) is 2.30. The number of hydrogen-bond acceptors (Lipinski definition) is 6. The average molecular weight is 430 g/mol. The molecule has 0 atom stereocenters. The highest BCUT2D eigenvalue weighted by atomic mass is 35.5. The van der Waals surface area contributed by atoms with E-state index >= 15 is 0 Å². The van der Waals surface area contributed by atoms with Gasteiger partial charge in [0.25, 0.3) is 5.91 Å². The van der Waals surface area contributed by atoms with Gasteiger partial charge in [-0.05, 0) is 44.5 Å². The predicted octanol–water partition coefficient (Wildman–Crippen LogP) is 4.97. The number of carbonyl (C=O) groups excluding carboxylic acids is 3. The van der Waals surface area contributed by atoms with E-state index in [4.69, 9.17) is 32.7 Å². The summed E-state index contributed by atoms with van der Waals surface area (Å²) in [6.07, 6.45) is 0. The highest BCUT2D eigenvalue weighted by Crippen LogP contribution is 2.35. The van der Waals surface area contributed by atoms with Crippen molar-refractivity contribution in [3.8, 4) is 0 Å². The Bertz CT molecular complexity index is 874. The highest BCUT2D eigenvalue weighted by Gasteiger charge is 2.27. The lowest BCUT2D eigenvalue weighted by Crippen LogP contribution is -2.15. The van der Waals surface area contributed by atoms with Crippen molar-refractivity contribution in [2.24, 2.45) is 0 Å². The molecule has 0 bridgehead atoms. The van der Waals surface area contributed by atoms with Crippen molar-refractivity contribution in [2.45, 2.75) is 20.8 Å².